The lowest BCUT2D eigenvalue weighted by atomic mass is 10.2. The highest BCUT2D eigenvalue weighted by Gasteiger charge is 2.33. The number of halogens is 3. The Morgan fingerprint density at radius 1 is 1.35 bits per heavy atom. The Kier molecular flexibility index (Phi) is 5.99. The molecule has 1 aromatic heterocycles. The first-order valence-corrected chi connectivity index (χ1v) is 10.3. The molecular formula is C16H18Cl2FN3O3S. The lowest BCUT2D eigenvalue weighted by Crippen LogP contribution is -2.37. The molecule has 0 fully saturated rings. The maximum absolute atomic E-state index is 14.3. The molecule has 6 nitrogen and oxygen atoms in total. The van der Waals surface area contributed by atoms with E-state index in [0.29, 0.717) is 10.8 Å². The summed E-state index contributed by atoms with van der Waals surface area (Å²) >= 11 is 12.0. The molecular weight excluding hydrogens is 404 g/mol. The van der Waals surface area contributed by atoms with Crippen molar-refractivity contribution in [2.45, 2.75) is 27.3 Å². The van der Waals surface area contributed by atoms with Crippen LogP contribution < -0.4 is 4.31 Å². The maximum Gasteiger partial charge on any atom is 0.277 e. The fourth-order valence-corrected chi connectivity index (χ4v) is 3.83. The average molecular weight is 422 g/mol. The van der Waals surface area contributed by atoms with Crippen molar-refractivity contribution >= 4 is 44.8 Å². The Morgan fingerprint density at radius 3 is 2.46 bits per heavy atom. The number of rotatable bonds is 5. The van der Waals surface area contributed by atoms with Gasteiger partial charge in [-0.25, -0.2) is 12.8 Å². The van der Waals surface area contributed by atoms with Gasteiger partial charge in [-0.05, 0) is 31.0 Å². The predicted molar refractivity (Wildman–Crippen MR) is 99.9 cm³/mol. The van der Waals surface area contributed by atoms with Gasteiger partial charge in [-0.2, -0.15) is 9.40 Å². The van der Waals surface area contributed by atoms with E-state index in [1.54, 1.807) is 0 Å². The van der Waals surface area contributed by atoms with E-state index in [4.69, 9.17) is 23.2 Å². The Hall–Kier alpha value is -1.64. The van der Waals surface area contributed by atoms with Gasteiger partial charge >= 0.3 is 0 Å². The fraction of sp³-hybridized carbons (Fsp3) is 0.375. The van der Waals surface area contributed by atoms with E-state index < -0.39 is 27.4 Å². The summed E-state index contributed by atoms with van der Waals surface area (Å²) in [5, 5.41) is 4.27. The van der Waals surface area contributed by atoms with Crippen LogP contribution in [-0.2, 0) is 16.6 Å². The first kappa shape index (κ1) is 20.7. The number of anilines is 1. The van der Waals surface area contributed by atoms with Crippen LogP contribution in [0.2, 0.25) is 10.2 Å². The van der Waals surface area contributed by atoms with Crippen LogP contribution in [-0.4, -0.2) is 30.4 Å². The second-order valence-electron chi connectivity index (χ2n) is 6.26. The van der Waals surface area contributed by atoms with Crippen molar-refractivity contribution < 1.29 is 17.6 Å². The molecule has 1 aromatic carbocycles. The van der Waals surface area contributed by atoms with Gasteiger partial charge in [0.2, 0.25) is 10.0 Å². The van der Waals surface area contributed by atoms with E-state index in [0.717, 1.165) is 18.4 Å². The first-order valence-electron chi connectivity index (χ1n) is 7.66. The van der Waals surface area contributed by atoms with Crippen molar-refractivity contribution in [1.82, 2.24) is 9.78 Å². The van der Waals surface area contributed by atoms with E-state index in [1.165, 1.54) is 17.7 Å². The van der Waals surface area contributed by atoms with Gasteiger partial charge in [0, 0.05) is 11.6 Å². The minimum Gasteiger partial charge on any atom is -0.267 e. The van der Waals surface area contributed by atoms with E-state index >= 15 is 0 Å². The average Bonchev–Trinajstić information content (AvgIpc) is 2.74. The Labute approximate surface area is 161 Å². The number of benzene rings is 1. The number of carbonyl (C=O) groups excluding carboxylic acids is 1. The van der Waals surface area contributed by atoms with Crippen LogP contribution in [0, 0.1) is 18.7 Å². The second-order valence-corrected chi connectivity index (χ2v) is 8.88. The molecule has 0 aliphatic heterocycles. The van der Waals surface area contributed by atoms with Crippen molar-refractivity contribution in [2.24, 2.45) is 5.92 Å². The summed E-state index contributed by atoms with van der Waals surface area (Å²) in [7, 11) is -4.14. The van der Waals surface area contributed by atoms with Gasteiger partial charge in [-0.3, -0.25) is 9.48 Å². The number of hydrogen-bond acceptors (Lipinski definition) is 4. The van der Waals surface area contributed by atoms with E-state index in [-0.39, 0.29) is 27.4 Å². The van der Waals surface area contributed by atoms with Crippen molar-refractivity contribution in [1.29, 1.82) is 0 Å². The molecule has 2 aromatic rings. The zero-order chi connectivity index (χ0) is 19.8. The van der Waals surface area contributed by atoms with Gasteiger partial charge in [0.1, 0.15) is 16.5 Å². The van der Waals surface area contributed by atoms with Crippen LogP contribution in [0.4, 0.5) is 10.1 Å². The number of sulfonamides is 1. The highest BCUT2D eigenvalue weighted by molar-refractivity contribution is 7.92. The van der Waals surface area contributed by atoms with Crippen molar-refractivity contribution in [2.75, 3.05) is 10.6 Å². The summed E-state index contributed by atoms with van der Waals surface area (Å²) in [4.78, 5) is 13.0. The molecule has 0 aliphatic carbocycles. The summed E-state index contributed by atoms with van der Waals surface area (Å²) in [6.45, 7) is 5.87. The molecule has 2 rings (SSSR count). The molecule has 0 saturated carbocycles. The van der Waals surface area contributed by atoms with E-state index in [9.17, 15) is 17.6 Å². The highest BCUT2D eigenvalue weighted by atomic mass is 35.5. The summed E-state index contributed by atoms with van der Waals surface area (Å²) in [6.07, 6.45) is 0.806. The maximum atomic E-state index is 14.3. The monoisotopic (exact) mass is 421 g/mol. The summed E-state index contributed by atoms with van der Waals surface area (Å²) in [5.74, 6) is -1.72. The third-order valence-corrected chi connectivity index (χ3v) is 5.11. The van der Waals surface area contributed by atoms with Gasteiger partial charge in [0.15, 0.2) is 0 Å². The molecule has 0 unspecified atom stereocenters. The van der Waals surface area contributed by atoms with Crippen LogP contribution in [0.15, 0.2) is 18.2 Å². The molecule has 26 heavy (non-hydrogen) atoms. The highest BCUT2D eigenvalue weighted by Crippen LogP contribution is 2.30. The first-order chi connectivity index (χ1) is 11.9. The quantitative estimate of drug-likeness (QED) is 0.733. The lowest BCUT2D eigenvalue weighted by Gasteiger charge is -2.21. The minimum absolute atomic E-state index is 0.00391. The van der Waals surface area contributed by atoms with Crippen LogP contribution in [0.1, 0.15) is 29.9 Å². The standard InChI is InChI=1S/C16H18Cl2FN3O3S/c1-9(2)8-21-15(18)14(10(3)20-21)16(23)22(26(4,24)25)13-6-5-11(17)7-12(13)19/h5-7,9H,8H2,1-4H3. The fourth-order valence-electron chi connectivity index (χ4n) is 2.45. The van der Waals surface area contributed by atoms with Crippen molar-refractivity contribution in [3.05, 3.63) is 45.4 Å². The van der Waals surface area contributed by atoms with Gasteiger partial charge in [-0.1, -0.05) is 37.0 Å². The summed E-state index contributed by atoms with van der Waals surface area (Å²) in [6, 6.07) is 3.35. The molecule has 10 heteroatoms. The molecule has 0 aliphatic rings. The number of nitrogens with zero attached hydrogens (tertiary/aromatic N) is 3. The zero-order valence-corrected chi connectivity index (χ0v) is 17.0. The third kappa shape index (κ3) is 4.19. The smallest absolute Gasteiger partial charge is 0.267 e. The van der Waals surface area contributed by atoms with Gasteiger partial charge in [-0.15, -0.1) is 0 Å². The number of aromatic nitrogens is 2. The topological polar surface area (TPSA) is 72.3 Å². The summed E-state index contributed by atoms with van der Waals surface area (Å²) in [5.41, 5.74) is -0.273. The minimum atomic E-state index is -4.14. The number of carbonyl (C=O) groups is 1. The van der Waals surface area contributed by atoms with Crippen LogP contribution in [0.5, 0.6) is 0 Å². The molecule has 1 heterocycles. The molecule has 0 atom stereocenters. The van der Waals surface area contributed by atoms with E-state index in [2.05, 4.69) is 5.10 Å². The lowest BCUT2D eigenvalue weighted by molar-refractivity contribution is 0.100. The van der Waals surface area contributed by atoms with Crippen molar-refractivity contribution in [3.63, 3.8) is 0 Å². The molecule has 0 spiro atoms. The number of aryl methyl sites for hydroxylation is 1. The third-order valence-electron chi connectivity index (χ3n) is 3.46. The molecule has 1 amide bonds. The van der Waals surface area contributed by atoms with Gasteiger partial charge in [0.05, 0.1) is 17.6 Å². The SMILES string of the molecule is Cc1nn(CC(C)C)c(Cl)c1C(=O)N(c1ccc(Cl)cc1F)S(C)(=O)=O. The Bertz CT molecular complexity index is 958. The molecule has 0 bridgehead atoms. The second kappa shape index (κ2) is 7.54. The van der Waals surface area contributed by atoms with Crippen LogP contribution in [0.25, 0.3) is 0 Å². The number of hydrogen-bond donors (Lipinski definition) is 0. The Balaban J connectivity index is 2.61. The summed E-state index contributed by atoms with van der Waals surface area (Å²) < 4.78 is 40.5. The molecule has 142 valence electrons. The van der Waals surface area contributed by atoms with Crippen molar-refractivity contribution in [3.8, 4) is 0 Å². The zero-order valence-electron chi connectivity index (χ0n) is 14.6. The number of amides is 1. The predicted octanol–water partition coefficient (Wildman–Crippen LogP) is 3.90. The van der Waals surface area contributed by atoms with Crippen LogP contribution >= 0.6 is 23.2 Å². The largest absolute Gasteiger partial charge is 0.277 e. The molecule has 0 N–H and O–H groups in total. The van der Waals surface area contributed by atoms with Gasteiger partial charge in [0.25, 0.3) is 5.91 Å². The van der Waals surface area contributed by atoms with E-state index in [1.807, 2.05) is 13.8 Å². The molecule has 0 radical (unpaired) electrons. The van der Waals surface area contributed by atoms with Crippen LogP contribution in [0.3, 0.4) is 0 Å². The Morgan fingerprint density at radius 2 is 1.96 bits per heavy atom. The normalized spacial score (nSPS) is 11.8. The molecule has 0 saturated heterocycles. The van der Waals surface area contributed by atoms with Gasteiger partial charge < -0.3 is 0 Å².